The first-order chi connectivity index (χ1) is 12.3. The van der Waals surface area contributed by atoms with E-state index in [1.165, 1.54) is 23.1 Å². The third-order valence-corrected chi connectivity index (χ3v) is 5.36. The van der Waals surface area contributed by atoms with Crippen LogP contribution in [0.25, 0.3) is 0 Å². The molecule has 4 rings (SSSR count). The highest BCUT2D eigenvalue weighted by molar-refractivity contribution is 5.78. The Kier molecular flexibility index (Phi) is 4.74. The van der Waals surface area contributed by atoms with E-state index in [0.29, 0.717) is 12.5 Å². The zero-order valence-electron chi connectivity index (χ0n) is 14.4. The van der Waals surface area contributed by atoms with Crippen LogP contribution in [0.3, 0.4) is 0 Å². The fourth-order valence-corrected chi connectivity index (χ4v) is 4.00. The maximum Gasteiger partial charge on any atom is 0.234 e. The minimum Gasteiger partial charge on any atom is -0.354 e. The van der Waals surface area contributed by atoms with Crippen LogP contribution in [-0.2, 0) is 24.2 Å². The third-order valence-electron chi connectivity index (χ3n) is 5.36. The Morgan fingerprint density at radius 3 is 3.12 bits per heavy atom. The highest BCUT2D eigenvalue weighted by Gasteiger charge is 2.22. The van der Waals surface area contributed by atoms with Crippen molar-refractivity contribution < 1.29 is 4.79 Å². The zero-order valence-corrected chi connectivity index (χ0v) is 14.4. The summed E-state index contributed by atoms with van der Waals surface area (Å²) in [6.07, 6.45) is 7.92. The van der Waals surface area contributed by atoms with Gasteiger partial charge in [-0.3, -0.25) is 9.69 Å². The molecule has 1 N–H and O–H groups in total. The van der Waals surface area contributed by atoms with Crippen molar-refractivity contribution in [3.05, 3.63) is 59.2 Å². The molecule has 0 unspecified atom stereocenters. The number of hydrogen-bond acceptors (Lipinski definition) is 4. The molecule has 0 fully saturated rings. The van der Waals surface area contributed by atoms with Crippen molar-refractivity contribution in [1.29, 1.82) is 0 Å². The Bertz CT molecular complexity index is 761. The lowest BCUT2D eigenvalue weighted by Gasteiger charge is -2.28. The molecule has 1 aromatic heterocycles. The van der Waals surface area contributed by atoms with Gasteiger partial charge in [0, 0.05) is 31.7 Å². The number of carbonyl (C=O) groups excluding carboxylic acids is 1. The highest BCUT2D eigenvalue weighted by atomic mass is 16.2. The van der Waals surface area contributed by atoms with Gasteiger partial charge in [-0.25, -0.2) is 9.97 Å². The molecule has 5 nitrogen and oxygen atoms in total. The predicted molar refractivity (Wildman–Crippen MR) is 96.1 cm³/mol. The summed E-state index contributed by atoms with van der Waals surface area (Å²) < 4.78 is 0. The molecule has 0 saturated heterocycles. The first kappa shape index (κ1) is 16.2. The normalized spacial score (nSPS) is 19.8. The third kappa shape index (κ3) is 3.71. The first-order valence-electron chi connectivity index (χ1n) is 9.14. The quantitative estimate of drug-likeness (QED) is 0.929. The van der Waals surface area contributed by atoms with Crippen molar-refractivity contribution in [1.82, 2.24) is 20.2 Å². The number of nitrogens with zero attached hydrogens (tertiary/aromatic N) is 3. The molecule has 1 atom stereocenters. The highest BCUT2D eigenvalue weighted by Crippen LogP contribution is 2.30. The summed E-state index contributed by atoms with van der Waals surface area (Å²) in [6.45, 7) is 2.80. The van der Waals surface area contributed by atoms with Gasteiger partial charge in [-0.05, 0) is 42.4 Å². The standard InChI is InChI=1S/C20H24N4O/c25-20(13-24-9-8-17-10-21-14-23-19(17)12-24)22-11-16-6-3-5-15-4-1-2-7-18(15)16/h1-2,4,7,10,14,16H,3,5-6,8-9,11-13H2,(H,22,25)/t16-/m1/s1. The van der Waals surface area contributed by atoms with Gasteiger partial charge in [-0.2, -0.15) is 0 Å². The van der Waals surface area contributed by atoms with Crippen molar-refractivity contribution >= 4 is 5.91 Å². The molecule has 0 spiro atoms. The van der Waals surface area contributed by atoms with Gasteiger partial charge in [-0.1, -0.05) is 24.3 Å². The summed E-state index contributed by atoms with van der Waals surface area (Å²) in [6, 6.07) is 8.65. The Morgan fingerprint density at radius 2 is 2.16 bits per heavy atom. The van der Waals surface area contributed by atoms with E-state index in [-0.39, 0.29) is 5.91 Å². The lowest BCUT2D eigenvalue weighted by Crippen LogP contribution is -2.41. The second kappa shape index (κ2) is 7.31. The number of hydrogen-bond donors (Lipinski definition) is 1. The smallest absolute Gasteiger partial charge is 0.234 e. The predicted octanol–water partition coefficient (Wildman–Crippen LogP) is 2.07. The maximum absolute atomic E-state index is 12.4. The number of aromatic nitrogens is 2. The molecule has 1 aliphatic carbocycles. The second-order valence-electron chi connectivity index (χ2n) is 7.05. The van der Waals surface area contributed by atoms with Gasteiger partial charge >= 0.3 is 0 Å². The average Bonchev–Trinajstić information content (AvgIpc) is 2.66. The van der Waals surface area contributed by atoms with Crippen LogP contribution < -0.4 is 5.32 Å². The van der Waals surface area contributed by atoms with Gasteiger partial charge in [0.2, 0.25) is 5.91 Å². The average molecular weight is 336 g/mol. The molecule has 25 heavy (non-hydrogen) atoms. The van der Waals surface area contributed by atoms with Gasteiger partial charge < -0.3 is 5.32 Å². The van der Waals surface area contributed by atoms with Crippen LogP contribution in [0.4, 0.5) is 0 Å². The molecule has 2 aromatic rings. The van der Waals surface area contributed by atoms with Crippen LogP contribution in [0.5, 0.6) is 0 Å². The number of benzene rings is 1. The number of rotatable bonds is 4. The molecule has 0 radical (unpaired) electrons. The molecule has 0 saturated carbocycles. The minimum absolute atomic E-state index is 0.112. The van der Waals surface area contributed by atoms with E-state index in [1.807, 2.05) is 6.20 Å². The van der Waals surface area contributed by atoms with Crippen molar-refractivity contribution in [3.8, 4) is 0 Å². The Labute approximate surface area is 148 Å². The summed E-state index contributed by atoms with van der Waals surface area (Å²) in [5, 5.41) is 3.15. The summed E-state index contributed by atoms with van der Waals surface area (Å²) in [4.78, 5) is 23.0. The van der Waals surface area contributed by atoms with Gasteiger partial charge in [0.1, 0.15) is 6.33 Å². The molecular weight excluding hydrogens is 312 g/mol. The number of carbonyl (C=O) groups is 1. The fraction of sp³-hybridized carbons (Fsp3) is 0.450. The topological polar surface area (TPSA) is 58.1 Å². The van der Waals surface area contributed by atoms with Crippen molar-refractivity contribution in [2.45, 2.75) is 38.1 Å². The van der Waals surface area contributed by atoms with Gasteiger partial charge in [-0.15, -0.1) is 0 Å². The fourth-order valence-electron chi connectivity index (χ4n) is 4.00. The summed E-state index contributed by atoms with van der Waals surface area (Å²) in [5.41, 5.74) is 5.12. The molecule has 5 heteroatoms. The number of aryl methyl sites for hydroxylation is 1. The number of nitrogens with one attached hydrogen (secondary N) is 1. The lowest BCUT2D eigenvalue weighted by molar-refractivity contribution is -0.122. The summed E-state index contributed by atoms with van der Waals surface area (Å²) in [5.74, 6) is 0.560. The van der Waals surface area contributed by atoms with E-state index in [1.54, 1.807) is 6.33 Å². The van der Waals surface area contributed by atoms with Crippen LogP contribution in [0, 0.1) is 0 Å². The SMILES string of the molecule is O=C(CN1CCc2cncnc2C1)NC[C@H]1CCCc2ccccc21. The van der Waals surface area contributed by atoms with Crippen molar-refractivity contribution in [3.63, 3.8) is 0 Å². The molecule has 1 aliphatic heterocycles. The minimum atomic E-state index is 0.112. The number of fused-ring (bicyclic) bond motifs is 2. The Hall–Kier alpha value is -2.27. The summed E-state index contributed by atoms with van der Waals surface area (Å²) in [7, 11) is 0. The number of amides is 1. The largest absolute Gasteiger partial charge is 0.354 e. The van der Waals surface area contributed by atoms with E-state index in [2.05, 4.69) is 44.5 Å². The van der Waals surface area contributed by atoms with Crippen LogP contribution >= 0.6 is 0 Å². The van der Waals surface area contributed by atoms with Crippen LogP contribution in [-0.4, -0.2) is 40.4 Å². The molecule has 0 bridgehead atoms. The maximum atomic E-state index is 12.4. The van der Waals surface area contributed by atoms with Crippen molar-refractivity contribution in [2.24, 2.45) is 0 Å². The van der Waals surface area contributed by atoms with Crippen molar-refractivity contribution in [2.75, 3.05) is 19.6 Å². The molecule has 2 aliphatic rings. The molecule has 130 valence electrons. The van der Waals surface area contributed by atoms with Crippen LogP contribution in [0.1, 0.15) is 41.1 Å². The van der Waals surface area contributed by atoms with Gasteiger partial charge in [0.25, 0.3) is 0 Å². The van der Waals surface area contributed by atoms with E-state index in [4.69, 9.17) is 0 Å². The lowest BCUT2D eigenvalue weighted by atomic mass is 9.83. The molecular formula is C20H24N4O. The second-order valence-corrected chi connectivity index (χ2v) is 7.05. The molecule has 1 amide bonds. The van der Waals surface area contributed by atoms with E-state index in [9.17, 15) is 4.79 Å². The molecule has 1 aromatic carbocycles. The van der Waals surface area contributed by atoms with Crippen LogP contribution in [0.15, 0.2) is 36.8 Å². The Morgan fingerprint density at radius 1 is 1.24 bits per heavy atom. The van der Waals surface area contributed by atoms with Gasteiger partial charge in [0.05, 0.1) is 12.2 Å². The first-order valence-corrected chi connectivity index (χ1v) is 9.14. The molecule has 2 heterocycles. The monoisotopic (exact) mass is 336 g/mol. The van der Waals surface area contributed by atoms with E-state index in [0.717, 1.165) is 44.6 Å². The Balaban J connectivity index is 1.31. The van der Waals surface area contributed by atoms with E-state index < -0.39 is 0 Å². The van der Waals surface area contributed by atoms with E-state index >= 15 is 0 Å². The van der Waals surface area contributed by atoms with Gasteiger partial charge in [0.15, 0.2) is 0 Å². The summed E-state index contributed by atoms with van der Waals surface area (Å²) >= 11 is 0. The zero-order chi connectivity index (χ0) is 17.1. The van der Waals surface area contributed by atoms with Crippen LogP contribution in [0.2, 0.25) is 0 Å².